The number of hydrogen-bond acceptors (Lipinski definition) is 5. The molecule has 3 aromatic rings. The van der Waals surface area contributed by atoms with Crippen molar-refractivity contribution in [3.8, 4) is 11.6 Å². The first-order chi connectivity index (χ1) is 8.31. The average Bonchev–Trinajstić information content (AvgIpc) is 2.70. The van der Waals surface area contributed by atoms with Crippen molar-refractivity contribution in [2.75, 3.05) is 5.73 Å². The number of hydrogen-bond donors (Lipinski definition) is 1. The summed E-state index contributed by atoms with van der Waals surface area (Å²) in [5.41, 5.74) is 6.54. The van der Waals surface area contributed by atoms with Crippen molar-refractivity contribution in [1.29, 1.82) is 0 Å². The summed E-state index contributed by atoms with van der Waals surface area (Å²) in [7, 11) is 0. The summed E-state index contributed by atoms with van der Waals surface area (Å²) >= 11 is 1.44. The topological polar surface area (TPSA) is 61.0 Å². The van der Waals surface area contributed by atoms with Crippen LogP contribution in [-0.4, -0.2) is 9.97 Å². The number of nitrogen functional groups attached to an aromatic ring is 1. The van der Waals surface area contributed by atoms with Gasteiger partial charge in [-0.05, 0) is 18.2 Å². The molecule has 1 aromatic carbocycles. The Labute approximate surface area is 102 Å². The smallest absolute Gasteiger partial charge is 0.219 e. The van der Waals surface area contributed by atoms with Gasteiger partial charge >= 0.3 is 0 Å². The number of thiazole rings is 1. The molecule has 2 heterocycles. The molecule has 0 atom stereocenters. The van der Waals surface area contributed by atoms with Crippen molar-refractivity contribution in [3.05, 3.63) is 42.6 Å². The van der Waals surface area contributed by atoms with Gasteiger partial charge in [-0.3, -0.25) is 0 Å². The van der Waals surface area contributed by atoms with Crippen molar-refractivity contribution in [2.45, 2.75) is 0 Å². The van der Waals surface area contributed by atoms with Crippen molar-refractivity contribution >= 4 is 26.7 Å². The molecule has 17 heavy (non-hydrogen) atoms. The Kier molecular flexibility index (Phi) is 2.38. The van der Waals surface area contributed by atoms with E-state index in [1.165, 1.54) is 11.3 Å². The third-order valence-electron chi connectivity index (χ3n) is 2.24. The van der Waals surface area contributed by atoms with Gasteiger partial charge in [-0.1, -0.05) is 17.4 Å². The number of fused-ring (bicyclic) bond motifs is 1. The van der Waals surface area contributed by atoms with Gasteiger partial charge in [0.2, 0.25) is 5.88 Å². The number of pyridine rings is 1. The first kappa shape index (κ1) is 10.0. The zero-order chi connectivity index (χ0) is 11.7. The predicted octanol–water partition coefficient (Wildman–Crippen LogP) is 3.07. The quantitative estimate of drug-likeness (QED) is 0.751. The largest absolute Gasteiger partial charge is 0.439 e. The third kappa shape index (κ3) is 2.05. The van der Waals surface area contributed by atoms with Crippen molar-refractivity contribution in [3.63, 3.8) is 0 Å². The lowest BCUT2D eigenvalue weighted by Gasteiger charge is -2.03. The van der Waals surface area contributed by atoms with Crippen molar-refractivity contribution < 1.29 is 4.74 Å². The Bertz CT molecular complexity index is 651. The van der Waals surface area contributed by atoms with E-state index in [1.807, 2.05) is 36.4 Å². The minimum absolute atomic E-state index is 0.565. The number of benzene rings is 1. The van der Waals surface area contributed by atoms with E-state index >= 15 is 0 Å². The monoisotopic (exact) mass is 243 g/mol. The van der Waals surface area contributed by atoms with Crippen LogP contribution in [0.5, 0.6) is 11.6 Å². The maximum absolute atomic E-state index is 5.65. The Morgan fingerprint density at radius 3 is 2.94 bits per heavy atom. The van der Waals surface area contributed by atoms with Crippen LogP contribution >= 0.6 is 11.3 Å². The molecule has 0 spiro atoms. The van der Waals surface area contributed by atoms with Gasteiger partial charge in [-0.2, -0.15) is 0 Å². The highest BCUT2D eigenvalue weighted by Crippen LogP contribution is 2.29. The van der Waals surface area contributed by atoms with E-state index in [0.717, 1.165) is 16.0 Å². The van der Waals surface area contributed by atoms with Crippen molar-refractivity contribution in [1.82, 2.24) is 9.97 Å². The highest BCUT2D eigenvalue weighted by atomic mass is 32.1. The lowest BCUT2D eigenvalue weighted by atomic mass is 10.3. The summed E-state index contributed by atoms with van der Waals surface area (Å²) in [6.45, 7) is 0. The van der Waals surface area contributed by atoms with Gasteiger partial charge in [0.1, 0.15) is 5.75 Å². The number of nitrogens with two attached hydrogens (primary N) is 1. The fraction of sp³-hybridized carbons (Fsp3) is 0. The second kappa shape index (κ2) is 4.03. The zero-order valence-electron chi connectivity index (χ0n) is 8.83. The summed E-state index contributed by atoms with van der Waals surface area (Å²) < 4.78 is 6.63. The minimum Gasteiger partial charge on any atom is -0.439 e. The molecule has 0 radical (unpaired) electrons. The van der Waals surface area contributed by atoms with Gasteiger partial charge < -0.3 is 10.5 Å². The van der Waals surface area contributed by atoms with Crippen LogP contribution < -0.4 is 10.5 Å². The van der Waals surface area contributed by atoms with Crippen LogP contribution in [0.1, 0.15) is 0 Å². The van der Waals surface area contributed by atoms with Crippen LogP contribution in [0, 0.1) is 0 Å². The van der Waals surface area contributed by atoms with Crippen LogP contribution in [0.15, 0.2) is 42.6 Å². The molecule has 4 nitrogen and oxygen atoms in total. The molecule has 2 aromatic heterocycles. The Morgan fingerprint density at radius 2 is 2.12 bits per heavy atom. The summed E-state index contributed by atoms with van der Waals surface area (Å²) in [5, 5.41) is 0.565. The van der Waals surface area contributed by atoms with E-state index < -0.39 is 0 Å². The average molecular weight is 243 g/mol. The first-order valence-electron chi connectivity index (χ1n) is 5.06. The van der Waals surface area contributed by atoms with E-state index in [0.29, 0.717) is 11.0 Å². The van der Waals surface area contributed by atoms with Gasteiger partial charge in [0.15, 0.2) is 5.13 Å². The molecule has 0 saturated carbocycles. The molecule has 0 aliphatic heterocycles. The van der Waals surface area contributed by atoms with Gasteiger partial charge in [0.05, 0.1) is 10.2 Å². The lowest BCUT2D eigenvalue weighted by Crippen LogP contribution is -1.86. The summed E-state index contributed by atoms with van der Waals surface area (Å²) in [6.07, 6.45) is 1.69. The summed E-state index contributed by atoms with van der Waals surface area (Å²) in [4.78, 5) is 8.29. The third-order valence-corrected chi connectivity index (χ3v) is 3.08. The molecular weight excluding hydrogens is 234 g/mol. The fourth-order valence-corrected chi connectivity index (χ4v) is 2.28. The van der Waals surface area contributed by atoms with E-state index in [1.54, 1.807) is 6.20 Å². The van der Waals surface area contributed by atoms with Crippen molar-refractivity contribution in [2.24, 2.45) is 0 Å². The highest BCUT2D eigenvalue weighted by Gasteiger charge is 2.03. The molecule has 0 aliphatic rings. The van der Waals surface area contributed by atoms with Crippen LogP contribution in [0.4, 0.5) is 5.13 Å². The molecule has 0 amide bonds. The lowest BCUT2D eigenvalue weighted by molar-refractivity contribution is 0.464. The molecule has 0 unspecified atom stereocenters. The fourth-order valence-electron chi connectivity index (χ4n) is 1.51. The second-order valence-corrected chi connectivity index (χ2v) is 4.51. The van der Waals surface area contributed by atoms with Crippen LogP contribution in [0.3, 0.4) is 0 Å². The minimum atomic E-state index is 0.565. The van der Waals surface area contributed by atoms with Crippen LogP contribution in [-0.2, 0) is 0 Å². The number of anilines is 1. The Hall–Kier alpha value is -2.14. The number of ether oxygens (including phenoxy) is 1. The molecule has 3 rings (SSSR count). The molecule has 0 fully saturated rings. The van der Waals surface area contributed by atoms with E-state index in [4.69, 9.17) is 10.5 Å². The maximum atomic E-state index is 5.65. The second-order valence-electron chi connectivity index (χ2n) is 3.45. The van der Waals surface area contributed by atoms with Crippen LogP contribution in [0.25, 0.3) is 10.2 Å². The molecule has 84 valence electrons. The SMILES string of the molecule is Nc1nc2ccc(Oc3ccccn3)cc2s1. The Morgan fingerprint density at radius 1 is 1.18 bits per heavy atom. The van der Waals surface area contributed by atoms with Gasteiger partial charge in [0, 0.05) is 18.3 Å². The standard InChI is InChI=1S/C12H9N3OS/c13-12-15-9-5-4-8(7-10(9)17-12)16-11-3-1-2-6-14-11/h1-7H,(H2,13,15). The first-order valence-corrected chi connectivity index (χ1v) is 5.88. The molecular formula is C12H9N3OS. The molecule has 5 heteroatoms. The number of aromatic nitrogens is 2. The van der Waals surface area contributed by atoms with E-state index in [-0.39, 0.29) is 0 Å². The zero-order valence-corrected chi connectivity index (χ0v) is 9.65. The van der Waals surface area contributed by atoms with Gasteiger partial charge in [-0.15, -0.1) is 0 Å². The van der Waals surface area contributed by atoms with Crippen LogP contribution in [0.2, 0.25) is 0 Å². The molecule has 0 bridgehead atoms. The highest BCUT2D eigenvalue weighted by molar-refractivity contribution is 7.22. The summed E-state index contributed by atoms with van der Waals surface area (Å²) in [5.74, 6) is 1.31. The predicted molar refractivity (Wildman–Crippen MR) is 68.3 cm³/mol. The molecule has 0 aliphatic carbocycles. The summed E-state index contributed by atoms with van der Waals surface area (Å²) in [6, 6.07) is 11.2. The number of rotatable bonds is 2. The molecule has 0 saturated heterocycles. The Balaban J connectivity index is 1.95. The van der Waals surface area contributed by atoms with Gasteiger partial charge in [0.25, 0.3) is 0 Å². The van der Waals surface area contributed by atoms with Gasteiger partial charge in [-0.25, -0.2) is 9.97 Å². The van der Waals surface area contributed by atoms with E-state index in [2.05, 4.69) is 9.97 Å². The maximum Gasteiger partial charge on any atom is 0.219 e. The van der Waals surface area contributed by atoms with E-state index in [9.17, 15) is 0 Å². The number of nitrogens with zero attached hydrogens (tertiary/aromatic N) is 2. The molecule has 2 N–H and O–H groups in total. The normalized spacial score (nSPS) is 10.6.